The quantitative estimate of drug-likeness (QED) is 0.816. The Balaban J connectivity index is 1.96. The van der Waals surface area contributed by atoms with Crippen LogP contribution in [0.5, 0.6) is 5.75 Å². The maximum Gasteiger partial charge on any atom is 0.305 e. The standard InChI is InChI=1S/C14H19NO4/c1-14(7-18-8-14)9-19-11-4-2-3-10(5-11)12(15)6-13(16)17/h2-5,12H,6-9,15H2,1H3,(H,16,17). The largest absolute Gasteiger partial charge is 0.493 e. The Morgan fingerprint density at radius 3 is 2.89 bits per heavy atom. The van der Waals surface area contributed by atoms with Crippen LogP contribution in [0.3, 0.4) is 0 Å². The molecule has 0 aromatic heterocycles. The van der Waals surface area contributed by atoms with Gasteiger partial charge in [-0.05, 0) is 17.7 Å². The molecule has 104 valence electrons. The van der Waals surface area contributed by atoms with Crippen molar-refractivity contribution in [1.82, 2.24) is 0 Å². The summed E-state index contributed by atoms with van der Waals surface area (Å²) in [5.74, 6) is -0.190. The summed E-state index contributed by atoms with van der Waals surface area (Å²) in [6.45, 7) is 4.12. The van der Waals surface area contributed by atoms with Crippen molar-refractivity contribution < 1.29 is 19.4 Å². The lowest BCUT2D eigenvalue weighted by atomic mass is 9.90. The van der Waals surface area contributed by atoms with Crippen LogP contribution in [0, 0.1) is 5.41 Å². The zero-order chi connectivity index (χ0) is 13.9. The molecule has 1 atom stereocenters. The number of carboxylic acids is 1. The zero-order valence-electron chi connectivity index (χ0n) is 11.0. The maximum absolute atomic E-state index is 10.6. The van der Waals surface area contributed by atoms with Gasteiger partial charge in [-0.2, -0.15) is 0 Å². The van der Waals surface area contributed by atoms with E-state index >= 15 is 0 Å². The molecular weight excluding hydrogens is 246 g/mol. The number of benzene rings is 1. The van der Waals surface area contributed by atoms with E-state index in [1.165, 1.54) is 0 Å². The van der Waals surface area contributed by atoms with Gasteiger partial charge in [0.2, 0.25) is 0 Å². The summed E-state index contributed by atoms with van der Waals surface area (Å²) >= 11 is 0. The van der Waals surface area contributed by atoms with E-state index in [-0.39, 0.29) is 11.8 Å². The van der Waals surface area contributed by atoms with Crippen molar-refractivity contribution in [2.24, 2.45) is 11.1 Å². The highest BCUT2D eigenvalue weighted by Crippen LogP contribution is 2.28. The molecule has 1 aliphatic rings. The normalized spacial score (nSPS) is 18.4. The molecule has 1 unspecified atom stereocenters. The van der Waals surface area contributed by atoms with Crippen molar-refractivity contribution in [3.8, 4) is 5.75 Å². The molecule has 2 rings (SSSR count). The summed E-state index contributed by atoms with van der Waals surface area (Å²) < 4.78 is 10.9. The smallest absolute Gasteiger partial charge is 0.305 e. The number of carbonyl (C=O) groups is 1. The van der Waals surface area contributed by atoms with E-state index in [9.17, 15) is 4.79 Å². The second kappa shape index (κ2) is 5.59. The monoisotopic (exact) mass is 265 g/mol. The number of aliphatic carboxylic acids is 1. The average Bonchev–Trinajstić information content (AvgIpc) is 2.33. The molecule has 1 fully saturated rings. The molecule has 1 aromatic carbocycles. The second-order valence-corrected chi connectivity index (χ2v) is 5.37. The first-order chi connectivity index (χ1) is 8.98. The van der Waals surface area contributed by atoms with Crippen molar-refractivity contribution in [1.29, 1.82) is 0 Å². The van der Waals surface area contributed by atoms with Crippen LogP contribution in [0.2, 0.25) is 0 Å². The Morgan fingerprint density at radius 1 is 1.58 bits per heavy atom. The van der Waals surface area contributed by atoms with Gasteiger partial charge in [-0.25, -0.2) is 0 Å². The fraction of sp³-hybridized carbons (Fsp3) is 0.500. The van der Waals surface area contributed by atoms with Crippen LogP contribution >= 0.6 is 0 Å². The Labute approximate surface area is 112 Å². The minimum atomic E-state index is -0.905. The molecule has 0 amide bonds. The highest BCUT2D eigenvalue weighted by molar-refractivity contribution is 5.67. The first-order valence-corrected chi connectivity index (χ1v) is 6.26. The van der Waals surface area contributed by atoms with E-state index in [0.717, 1.165) is 5.56 Å². The van der Waals surface area contributed by atoms with Gasteiger partial charge < -0.3 is 20.3 Å². The molecule has 0 aliphatic carbocycles. The minimum absolute atomic E-state index is 0.0825. The van der Waals surface area contributed by atoms with Crippen molar-refractivity contribution in [2.75, 3.05) is 19.8 Å². The summed E-state index contributed by atoms with van der Waals surface area (Å²) in [5, 5.41) is 8.74. The highest BCUT2D eigenvalue weighted by atomic mass is 16.5. The molecule has 0 spiro atoms. The van der Waals surface area contributed by atoms with Crippen LogP contribution < -0.4 is 10.5 Å². The van der Waals surface area contributed by atoms with E-state index in [2.05, 4.69) is 6.92 Å². The van der Waals surface area contributed by atoms with Crippen molar-refractivity contribution in [3.63, 3.8) is 0 Å². The van der Waals surface area contributed by atoms with Gasteiger partial charge in [0, 0.05) is 11.5 Å². The molecule has 0 saturated carbocycles. The van der Waals surface area contributed by atoms with Crippen molar-refractivity contribution in [3.05, 3.63) is 29.8 Å². The highest BCUT2D eigenvalue weighted by Gasteiger charge is 2.34. The van der Waals surface area contributed by atoms with Gasteiger partial charge in [0.25, 0.3) is 0 Å². The Kier molecular flexibility index (Phi) is 4.07. The second-order valence-electron chi connectivity index (χ2n) is 5.37. The third kappa shape index (κ3) is 3.68. The molecular formula is C14H19NO4. The lowest BCUT2D eigenvalue weighted by Crippen LogP contribution is -2.44. The van der Waals surface area contributed by atoms with E-state index in [4.69, 9.17) is 20.3 Å². The number of nitrogens with two attached hydrogens (primary N) is 1. The van der Waals surface area contributed by atoms with Gasteiger partial charge in [-0.1, -0.05) is 19.1 Å². The summed E-state index contributed by atoms with van der Waals surface area (Å²) in [7, 11) is 0. The average molecular weight is 265 g/mol. The maximum atomic E-state index is 10.6. The predicted octanol–water partition coefficient (Wildman–Crippen LogP) is 1.58. The van der Waals surface area contributed by atoms with Crippen LogP contribution in [0.25, 0.3) is 0 Å². The van der Waals surface area contributed by atoms with E-state index < -0.39 is 12.0 Å². The van der Waals surface area contributed by atoms with Crippen LogP contribution in [0.15, 0.2) is 24.3 Å². The lowest BCUT2D eigenvalue weighted by Gasteiger charge is -2.37. The summed E-state index contributed by atoms with van der Waals surface area (Å²) in [6.07, 6.45) is -0.0883. The third-order valence-electron chi connectivity index (χ3n) is 3.17. The SMILES string of the molecule is CC1(COc2cccc(C(N)CC(=O)O)c2)COC1. The van der Waals surface area contributed by atoms with Gasteiger partial charge in [0.1, 0.15) is 5.75 Å². The summed E-state index contributed by atoms with van der Waals surface area (Å²) in [5.41, 5.74) is 6.68. The molecule has 1 aromatic rings. The van der Waals surface area contributed by atoms with Gasteiger partial charge in [0.05, 0.1) is 26.2 Å². The summed E-state index contributed by atoms with van der Waals surface area (Å²) in [4.78, 5) is 10.6. The molecule has 0 bridgehead atoms. The molecule has 3 N–H and O–H groups in total. The summed E-state index contributed by atoms with van der Waals surface area (Å²) in [6, 6.07) is 6.78. The minimum Gasteiger partial charge on any atom is -0.493 e. The molecule has 0 radical (unpaired) electrons. The van der Waals surface area contributed by atoms with Crippen LogP contribution in [-0.4, -0.2) is 30.9 Å². The van der Waals surface area contributed by atoms with Crippen LogP contribution in [-0.2, 0) is 9.53 Å². The first kappa shape index (κ1) is 13.8. The van der Waals surface area contributed by atoms with E-state index in [1.807, 2.05) is 18.2 Å². The number of hydrogen-bond donors (Lipinski definition) is 2. The molecule has 5 heteroatoms. The number of ether oxygens (including phenoxy) is 2. The number of hydrogen-bond acceptors (Lipinski definition) is 4. The fourth-order valence-electron chi connectivity index (χ4n) is 1.93. The fourth-order valence-corrected chi connectivity index (χ4v) is 1.93. The van der Waals surface area contributed by atoms with Gasteiger partial charge in [-0.15, -0.1) is 0 Å². The zero-order valence-corrected chi connectivity index (χ0v) is 11.0. The van der Waals surface area contributed by atoms with E-state index in [0.29, 0.717) is 25.6 Å². The number of rotatable bonds is 6. The Hall–Kier alpha value is -1.59. The van der Waals surface area contributed by atoms with Gasteiger partial charge in [-0.3, -0.25) is 4.79 Å². The molecule has 5 nitrogen and oxygen atoms in total. The van der Waals surface area contributed by atoms with Crippen LogP contribution in [0.1, 0.15) is 24.9 Å². The van der Waals surface area contributed by atoms with Crippen molar-refractivity contribution >= 4 is 5.97 Å². The predicted molar refractivity (Wildman–Crippen MR) is 70.0 cm³/mol. The Bertz CT molecular complexity index is 457. The molecule has 1 saturated heterocycles. The van der Waals surface area contributed by atoms with Crippen molar-refractivity contribution in [2.45, 2.75) is 19.4 Å². The Morgan fingerprint density at radius 2 is 2.32 bits per heavy atom. The van der Waals surface area contributed by atoms with Gasteiger partial charge >= 0.3 is 5.97 Å². The lowest BCUT2D eigenvalue weighted by molar-refractivity contribution is -0.137. The number of carboxylic acid groups (broad SMARTS) is 1. The topological polar surface area (TPSA) is 81.8 Å². The molecule has 19 heavy (non-hydrogen) atoms. The first-order valence-electron chi connectivity index (χ1n) is 6.26. The van der Waals surface area contributed by atoms with Crippen LogP contribution in [0.4, 0.5) is 0 Å². The molecule has 1 aliphatic heterocycles. The third-order valence-corrected chi connectivity index (χ3v) is 3.17. The van der Waals surface area contributed by atoms with Gasteiger partial charge in [0.15, 0.2) is 0 Å². The molecule has 1 heterocycles. The van der Waals surface area contributed by atoms with E-state index in [1.54, 1.807) is 6.07 Å².